The van der Waals surface area contributed by atoms with Gasteiger partial charge in [0.1, 0.15) is 0 Å². The molecule has 0 heterocycles. The van der Waals surface area contributed by atoms with Gasteiger partial charge in [-0.1, -0.05) is 12.1 Å². The molecule has 0 saturated carbocycles. The fourth-order valence-electron chi connectivity index (χ4n) is 1.28. The smallest absolute Gasteiger partial charge is 0.0130 e. The third kappa shape index (κ3) is 4.62. The fourth-order valence-corrected chi connectivity index (χ4v) is 1.64. The van der Waals surface area contributed by atoms with Crippen molar-refractivity contribution in [3.8, 4) is 0 Å². The topological polar surface area (TPSA) is 26.0 Å². The molecule has 0 amide bonds. The second-order valence-electron chi connectivity index (χ2n) is 3.50. The normalized spacial score (nSPS) is 12.8. The summed E-state index contributed by atoms with van der Waals surface area (Å²) >= 11 is 2.32. The van der Waals surface area contributed by atoms with Crippen LogP contribution in [0.5, 0.6) is 0 Å². The number of rotatable bonds is 4. The van der Waals surface area contributed by atoms with Gasteiger partial charge in [0.15, 0.2) is 0 Å². The number of halogens is 1. The molecule has 0 aliphatic heterocycles. The van der Waals surface area contributed by atoms with Crippen molar-refractivity contribution in [2.24, 2.45) is 5.73 Å². The fraction of sp³-hybridized carbons (Fsp3) is 0.455. The van der Waals surface area contributed by atoms with Gasteiger partial charge in [-0.05, 0) is 66.5 Å². The van der Waals surface area contributed by atoms with Crippen LogP contribution in [-0.4, -0.2) is 6.04 Å². The Hall–Kier alpha value is -0.0900. The zero-order valence-electron chi connectivity index (χ0n) is 7.96. The highest BCUT2D eigenvalue weighted by atomic mass is 127. The van der Waals surface area contributed by atoms with Crippen molar-refractivity contribution in [2.75, 3.05) is 0 Å². The van der Waals surface area contributed by atoms with Crippen LogP contribution in [0.4, 0.5) is 0 Å². The van der Waals surface area contributed by atoms with Crippen molar-refractivity contribution in [3.05, 3.63) is 33.4 Å². The molecule has 0 aliphatic rings. The number of hydrogen-bond acceptors (Lipinski definition) is 1. The van der Waals surface area contributed by atoms with E-state index in [-0.39, 0.29) is 0 Å². The molecule has 1 aromatic carbocycles. The maximum atomic E-state index is 5.68. The van der Waals surface area contributed by atoms with E-state index in [0.29, 0.717) is 6.04 Å². The lowest BCUT2D eigenvalue weighted by Gasteiger charge is -2.04. The van der Waals surface area contributed by atoms with Crippen LogP contribution in [0.15, 0.2) is 24.3 Å². The molecule has 0 fully saturated rings. The van der Waals surface area contributed by atoms with Crippen molar-refractivity contribution in [3.63, 3.8) is 0 Å². The summed E-state index contributed by atoms with van der Waals surface area (Å²) in [5.74, 6) is 0. The van der Waals surface area contributed by atoms with E-state index >= 15 is 0 Å². The molecule has 13 heavy (non-hydrogen) atoms. The van der Waals surface area contributed by atoms with E-state index < -0.39 is 0 Å². The second kappa shape index (κ2) is 5.60. The summed E-state index contributed by atoms with van der Waals surface area (Å²) in [6.45, 7) is 2.06. The minimum atomic E-state index is 0.337. The molecule has 1 atom stereocenters. The summed E-state index contributed by atoms with van der Waals surface area (Å²) in [5.41, 5.74) is 7.10. The summed E-state index contributed by atoms with van der Waals surface area (Å²) in [7, 11) is 0. The Labute approximate surface area is 93.9 Å². The molecule has 1 unspecified atom stereocenters. The van der Waals surface area contributed by atoms with Gasteiger partial charge < -0.3 is 5.73 Å². The molecule has 0 saturated heterocycles. The monoisotopic (exact) mass is 289 g/mol. The molecule has 2 heteroatoms. The Morgan fingerprint density at radius 3 is 2.46 bits per heavy atom. The Morgan fingerprint density at radius 2 is 1.92 bits per heavy atom. The molecule has 0 bridgehead atoms. The molecular formula is C11H16IN. The molecule has 1 nitrogen and oxygen atoms in total. The number of nitrogens with two attached hydrogens (primary N) is 1. The van der Waals surface area contributed by atoms with E-state index in [4.69, 9.17) is 5.73 Å². The quantitative estimate of drug-likeness (QED) is 0.847. The molecule has 0 radical (unpaired) electrons. The Bertz CT molecular complexity index is 241. The van der Waals surface area contributed by atoms with Crippen LogP contribution in [0.2, 0.25) is 0 Å². The van der Waals surface area contributed by atoms with Crippen LogP contribution in [0.1, 0.15) is 25.3 Å². The highest BCUT2D eigenvalue weighted by molar-refractivity contribution is 14.1. The first kappa shape index (κ1) is 11.0. The summed E-state index contributed by atoms with van der Waals surface area (Å²) in [6.07, 6.45) is 3.46. The Kier molecular flexibility index (Phi) is 4.73. The van der Waals surface area contributed by atoms with Gasteiger partial charge in [-0.25, -0.2) is 0 Å². The SMILES string of the molecule is CC(N)CCCc1ccc(I)cc1. The van der Waals surface area contributed by atoms with Crippen molar-refractivity contribution < 1.29 is 0 Å². The lowest BCUT2D eigenvalue weighted by atomic mass is 10.1. The first-order valence-electron chi connectivity index (χ1n) is 4.68. The number of aryl methyl sites for hydroxylation is 1. The van der Waals surface area contributed by atoms with Crippen LogP contribution in [0, 0.1) is 3.57 Å². The molecule has 1 rings (SSSR count). The molecule has 72 valence electrons. The van der Waals surface area contributed by atoms with Gasteiger partial charge in [0, 0.05) is 9.61 Å². The lowest BCUT2D eigenvalue weighted by Crippen LogP contribution is -2.14. The first-order chi connectivity index (χ1) is 6.18. The molecule has 0 spiro atoms. The minimum Gasteiger partial charge on any atom is -0.328 e. The zero-order valence-corrected chi connectivity index (χ0v) is 10.1. The predicted octanol–water partition coefficient (Wildman–Crippen LogP) is 2.96. The Morgan fingerprint density at radius 1 is 1.31 bits per heavy atom. The van der Waals surface area contributed by atoms with Gasteiger partial charge >= 0.3 is 0 Å². The van der Waals surface area contributed by atoms with E-state index in [9.17, 15) is 0 Å². The largest absolute Gasteiger partial charge is 0.328 e. The van der Waals surface area contributed by atoms with Crippen molar-refractivity contribution in [2.45, 2.75) is 32.2 Å². The molecule has 2 N–H and O–H groups in total. The van der Waals surface area contributed by atoms with E-state index in [1.54, 1.807) is 0 Å². The summed E-state index contributed by atoms with van der Waals surface area (Å²) in [5, 5.41) is 0. The third-order valence-corrected chi connectivity index (χ3v) is 2.76. The summed E-state index contributed by atoms with van der Waals surface area (Å²) in [6, 6.07) is 9.04. The van der Waals surface area contributed by atoms with E-state index in [1.165, 1.54) is 15.6 Å². The average molecular weight is 289 g/mol. The molecule has 0 aromatic heterocycles. The summed E-state index contributed by atoms with van der Waals surface area (Å²) < 4.78 is 1.30. The molecule has 1 aromatic rings. The van der Waals surface area contributed by atoms with Gasteiger partial charge in [-0.15, -0.1) is 0 Å². The van der Waals surface area contributed by atoms with E-state index in [0.717, 1.165) is 12.8 Å². The predicted molar refractivity (Wildman–Crippen MR) is 65.7 cm³/mol. The van der Waals surface area contributed by atoms with Crippen LogP contribution in [0.3, 0.4) is 0 Å². The van der Waals surface area contributed by atoms with Crippen LogP contribution in [0.25, 0.3) is 0 Å². The molecule has 0 aliphatic carbocycles. The molecular weight excluding hydrogens is 273 g/mol. The van der Waals surface area contributed by atoms with Gasteiger partial charge in [-0.2, -0.15) is 0 Å². The van der Waals surface area contributed by atoms with Crippen LogP contribution >= 0.6 is 22.6 Å². The highest BCUT2D eigenvalue weighted by Gasteiger charge is 1.96. The third-order valence-electron chi connectivity index (χ3n) is 2.04. The van der Waals surface area contributed by atoms with Crippen molar-refractivity contribution >= 4 is 22.6 Å². The van der Waals surface area contributed by atoms with E-state index in [2.05, 4.69) is 53.8 Å². The average Bonchev–Trinajstić information content (AvgIpc) is 2.08. The van der Waals surface area contributed by atoms with Crippen molar-refractivity contribution in [1.82, 2.24) is 0 Å². The number of benzene rings is 1. The zero-order chi connectivity index (χ0) is 9.68. The second-order valence-corrected chi connectivity index (χ2v) is 4.74. The van der Waals surface area contributed by atoms with Gasteiger partial charge in [0.2, 0.25) is 0 Å². The van der Waals surface area contributed by atoms with Gasteiger partial charge in [-0.3, -0.25) is 0 Å². The first-order valence-corrected chi connectivity index (χ1v) is 5.76. The van der Waals surface area contributed by atoms with E-state index in [1.807, 2.05) is 0 Å². The lowest BCUT2D eigenvalue weighted by molar-refractivity contribution is 0.624. The van der Waals surface area contributed by atoms with Gasteiger partial charge in [0.25, 0.3) is 0 Å². The maximum Gasteiger partial charge on any atom is 0.0130 e. The Balaban J connectivity index is 2.33. The van der Waals surface area contributed by atoms with Gasteiger partial charge in [0.05, 0.1) is 0 Å². The van der Waals surface area contributed by atoms with Crippen LogP contribution in [-0.2, 0) is 6.42 Å². The van der Waals surface area contributed by atoms with Crippen molar-refractivity contribution in [1.29, 1.82) is 0 Å². The highest BCUT2D eigenvalue weighted by Crippen LogP contribution is 2.09. The standard InChI is InChI=1S/C11H16IN/c1-9(13)3-2-4-10-5-7-11(12)8-6-10/h5-9H,2-4,13H2,1H3. The minimum absolute atomic E-state index is 0.337. The maximum absolute atomic E-state index is 5.68. The summed E-state index contributed by atoms with van der Waals surface area (Å²) in [4.78, 5) is 0. The number of hydrogen-bond donors (Lipinski definition) is 1. The van der Waals surface area contributed by atoms with Crippen LogP contribution < -0.4 is 5.73 Å².